The molecule has 4 aromatic carbocycles. The molecule has 508 valence electrons. The van der Waals surface area contributed by atoms with Crippen molar-refractivity contribution in [3.8, 4) is 34.0 Å². The molecule has 13 rings (SSSR count). The van der Waals surface area contributed by atoms with Crippen molar-refractivity contribution in [1.82, 2.24) is 35.7 Å². The molecule has 2 aromatic heterocycles. The van der Waals surface area contributed by atoms with Crippen molar-refractivity contribution in [3.63, 3.8) is 0 Å². The third-order valence-corrected chi connectivity index (χ3v) is 20.8. The summed E-state index contributed by atoms with van der Waals surface area (Å²) in [6.45, 7) is 18.8. The number of aryl methyl sites for hydroxylation is 1. The summed E-state index contributed by atoms with van der Waals surface area (Å²) in [6, 6.07) is 31.9. The number of aromatic nitrogens is 2. The Bertz CT molecular complexity index is 4010. The van der Waals surface area contributed by atoms with Crippen LogP contribution in [0.1, 0.15) is 147 Å². The van der Waals surface area contributed by atoms with Crippen molar-refractivity contribution in [3.05, 3.63) is 157 Å². The second kappa shape index (κ2) is 29.7. The van der Waals surface area contributed by atoms with Crippen molar-refractivity contribution in [2.24, 2.45) is 23.7 Å². The number of alkyl carbamates (subject to hydrolysis) is 1. The molecule has 17 nitrogen and oxygen atoms in total. The monoisotopic (exact) mass is 1310 g/mol. The molecule has 97 heavy (non-hydrogen) atoms. The van der Waals surface area contributed by atoms with Crippen LogP contribution in [0, 0.1) is 30.6 Å². The zero-order valence-corrected chi connectivity index (χ0v) is 56.8. The number of amides is 5. The number of unbranched alkanes of at least 4 members (excludes halogenated alkanes) is 2. The molecule has 6 aromatic rings. The van der Waals surface area contributed by atoms with Crippen LogP contribution in [0.2, 0.25) is 0 Å². The van der Waals surface area contributed by atoms with Crippen LogP contribution in [0.15, 0.2) is 141 Å². The van der Waals surface area contributed by atoms with E-state index in [4.69, 9.17) is 28.9 Å². The number of nitrogens with zero attached hydrogens (tertiary/aromatic N) is 4. The molecule has 1 unspecified atom stereocenters. The van der Waals surface area contributed by atoms with Gasteiger partial charge in [-0.1, -0.05) is 143 Å². The maximum Gasteiger partial charge on any atom is 0.408 e. The number of allylic oxidation sites excluding steroid dienone is 1. The SMILES string of the molecule is C=C[C@@H]1C[C@@]1(C)NC(=O)[C@@H]1C[C@@H]2CN1C(=O)[C@H](CCCC)CC(=O)OCCC/C=C/c1cc3c(cc(-c4ccccc4)nc3cc1C)O2.C=C[C@@H]1C[C@@]1(C)NC(=O)[C@@H]1C[C@@H]2CN1C(=O)[C@H](CCCC)NC(=O)O[C@H]1CCCC1/C=C/c1ccc3nc(-c4ccccc4)cc(c3c1)O2. The molecule has 7 aliphatic rings. The van der Waals surface area contributed by atoms with Crippen LogP contribution in [-0.2, 0) is 33.4 Å². The molecule has 0 radical (unpaired) electrons. The third-order valence-electron chi connectivity index (χ3n) is 20.8. The molecule has 3 N–H and O–H groups in total. The van der Waals surface area contributed by atoms with Crippen LogP contribution in [0.5, 0.6) is 11.5 Å². The molecule has 3 aliphatic carbocycles. The van der Waals surface area contributed by atoms with E-state index in [0.717, 1.165) is 125 Å². The van der Waals surface area contributed by atoms with Gasteiger partial charge >= 0.3 is 12.1 Å². The Kier molecular flexibility index (Phi) is 20.8. The third kappa shape index (κ3) is 15.7. The lowest BCUT2D eigenvalue weighted by molar-refractivity contribution is -0.150. The summed E-state index contributed by atoms with van der Waals surface area (Å²) in [5.41, 5.74) is 7.47. The van der Waals surface area contributed by atoms with Crippen LogP contribution in [0.4, 0.5) is 4.79 Å². The van der Waals surface area contributed by atoms with Crippen LogP contribution < -0.4 is 25.4 Å². The maximum atomic E-state index is 14.4. The van der Waals surface area contributed by atoms with Gasteiger partial charge in [0.15, 0.2) is 0 Å². The lowest BCUT2D eigenvalue weighted by Gasteiger charge is -2.29. The van der Waals surface area contributed by atoms with E-state index >= 15 is 0 Å². The highest BCUT2D eigenvalue weighted by molar-refractivity contribution is 5.95. The molecule has 17 heteroatoms. The van der Waals surface area contributed by atoms with Gasteiger partial charge in [0.2, 0.25) is 23.6 Å². The fourth-order valence-electron chi connectivity index (χ4n) is 14.8. The molecule has 8 bridgehead atoms. The number of fused-ring (bicyclic) bond motifs is 7. The fraction of sp³-hybridized carbons (Fsp3) is 0.450. The summed E-state index contributed by atoms with van der Waals surface area (Å²) < 4.78 is 25.2. The molecule has 0 spiro atoms. The van der Waals surface area contributed by atoms with Crippen molar-refractivity contribution < 1.29 is 47.7 Å². The largest absolute Gasteiger partial charge is 0.488 e. The Morgan fingerprint density at radius 3 is 1.87 bits per heavy atom. The molecule has 5 fully saturated rings. The molecule has 6 heterocycles. The minimum Gasteiger partial charge on any atom is -0.488 e. The predicted octanol–water partition coefficient (Wildman–Crippen LogP) is 14.0. The number of carbonyl (C=O) groups excluding carboxylic acids is 6. The number of ether oxygens (including phenoxy) is 4. The summed E-state index contributed by atoms with van der Waals surface area (Å²) in [5.74, 6) is -0.0921. The average molecular weight is 1310 g/mol. The topological polar surface area (TPSA) is 208 Å². The molecule has 3 saturated carbocycles. The average Bonchev–Trinajstić information content (AvgIpc) is 1.76. The summed E-state index contributed by atoms with van der Waals surface area (Å²) in [4.78, 5) is 96.2. The Morgan fingerprint density at radius 1 is 0.680 bits per heavy atom. The summed E-state index contributed by atoms with van der Waals surface area (Å²) >= 11 is 0. The number of esters is 1. The molecule has 2 saturated heterocycles. The van der Waals surface area contributed by atoms with Crippen molar-refractivity contribution >= 4 is 69.6 Å². The Labute approximate surface area is 569 Å². The Morgan fingerprint density at radius 2 is 1.27 bits per heavy atom. The van der Waals surface area contributed by atoms with Crippen molar-refractivity contribution in [2.45, 2.75) is 185 Å². The van der Waals surface area contributed by atoms with Gasteiger partial charge in [0, 0.05) is 81.6 Å². The van der Waals surface area contributed by atoms with Gasteiger partial charge < -0.3 is 44.7 Å². The number of pyridine rings is 2. The second-order valence-electron chi connectivity index (χ2n) is 28.2. The maximum absolute atomic E-state index is 14.4. The van der Waals surface area contributed by atoms with Gasteiger partial charge in [-0.2, -0.15) is 0 Å². The molecule has 4 aliphatic heterocycles. The molecular weight excluding hydrogens is 1220 g/mol. The number of hydrogen-bond donors (Lipinski definition) is 3. The lowest BCUT2D eigenvalue weighted by Crippen LogP contribution is -2.55. The van der Waals surface area contributed by atoms with Crippen LogP contribution in [0.25, 0.3) is 56.5 Å². The van der Waals surface area contributed by atoms with E-state index in [1.807, 2.05) is 118 Å². The van der Waals surface area contributed by atoms with E-state index in [9.17, 15) is 28.8 Å². The number of rotatable bonds is 14. The van der Waals surface area contributed by atoms with E-state index in [-0.39, 0.29) is 78.5 Å². The quantitative estimate of drug-likeness (QED) is 0.0688. The van der Waals surface area contributed by atoms with Crippen LogP contribution >= 0.6 is 0 Å². The van der Waals surface area contributed by atoms with E-state index in [2.05, 4.69) is 85.5 Å². The number of cyclic esters (lactones) is 1. The molecule has 12 atom stereocenters. The number of carbonyl (C=O) groups is 6. The van der Waals surface area contributed by atoms with Gasteiger partial charge in [-0.3, -0.25) is 24.0 Å². The van der Waals surface area contributed by atoms with Gasteiger partial charge in [0.05, 0.1) is 48.5 Å². The van der Waals surface area contributed by atoms with E-state index in [0.29, 0.717) is 50.2 Å². The number of benzene rings is 4. The number of nitrogens with one attached hydrogen (secondary N) is 3. The summed E-state index contributed by atoms with van der Waals surface area (Å²) in [5, 5.41) is 11.1. The van der Waals surface area contributed by atoms with Gasteiger partial charge in [-0.25, -0.2) is 14.8 Å². The smallest absolute Gasteiger partial charge is 0.408 e. The molecule has 5 amide bonds. The Balaban J connectivity index is 0.000000185. The van der Waals surface area contributed by atoms with Crippen LogP contribution in [-0.4, -0.2) is 123 Å². The first kappa shape index (κ1) is 67.8. The lowest BCUT2D eigenvalue weighted by atomic mass is 9.96. The fourth-order valence-corrected chi connectivity index (χ4v) is 14.8. The van der Waals surface area contributed by atoms with Gasteiger partial charge in [0.25, 0.3) is 0 Å². The minimum absolute atomic E-state index is 0.00351. The first-order valence-electron chi connectivity index (χ1n) is 35.3. The zero-order chi connectivity index (χ0) is 68.0. The highest BCUT2D eigenvalue weighted by Gasteiger charge is 2.54. The van der Waals surface area contributed by atoms with Crippen molar-refractivity contribution in [2.75, 3.05) is 19.7 Å². The first-order valence-corrected chi connectivity index (χ1v) is 35.3. The highest BCUT2D eigenvalue weighted by atomic mass is 16.6. The minimum atomic E-state index is -0.822. The van der Waals surface area contributed by atoms with E-state index in [1.165, 1.54) is 0 Å². The first-order chi connectivity index (χ1) is 46.9. The highest BCUT2D eigenvalue weighted by Crippen LogP contribution is 2.46. The summed E-state index contributed by atoms with van der Waals surface area (Å²) in [7, 11) is 0. The van der Waals surface area contributed by atoms with Gasteiger partial charge in [0.1, 0.15) is 47.9 Å². The predicted molar refractivity (Wildman–Crippen MR) is 378 cm³/mol. The Hall–Kier alpha value is -9.12. The van der Waals surface area contributed by atoms with E-state index in [1.54, 1.807) is 9.80 Å². The standard InChI is InChI=1S/C40H46N4O5.C40H47N3O5/c1-4-6-14-32-38(46)44-24-29(21-34(44)37(45)43-40(3)23-28(40)5-2)48-36-22-33(26-11-8-7-9-12-26)41-31-19-17-25(20-30(31)36)16-18-27-13-10-15-35(27)49-39(47)42-32;1-5-7-14-29-21-37(44)47-18-13-9-12-17-28-20-32-34(19-26(28)3)41-33(27-15-10-8-11-16-27)23-36(32)48-31-22-35(43(25-31)39(29)46)38(45)42-40(4)24-30(40)6-2/h5,7-9,11-12,16-20,22,27-29,32,34-35H,2,4,6,10,13-15,21,23-24H2,1,3H3,(H,42,47)(H,43,45);6,8,10-12,15-17,19-20,23,29-31,35H,2,5,7,9,13-14,18,21-22,24-25H2,1,3-4H3,(H,42,45)/b18-16+;17-12+/t27?,28-,29-,32+,34+,35+,40-;29-,30-,31-,35+,40-/m11/s1. The normalized spacial score (nSPS) is 28.4. The summed E-state index contributed by atoms with van der Waals surface area (Å²) in [6.07, 6.45) is 20.9. The van der Waals surface area contributed by atoms with E-state index < -0.39 is 47.9 Å². The van der Waals surface area contributed by atoms with Crippen LogP contribution in [0.3, 0.4) is 0 Å². The number of hydrogen-bond acceptors (Lipinski definition) is 12. The molecular formula is C80H93N7O10. The zero-order valence-electron chi connectivity index (χ0n) is 56.8. The second-order valence-corrected chi connectivity index (χ2v) is 28.2. The van der Waals surface area contributed by atoms with Gasteiger partial charge in [-0.05, 0) is 120 Å². The van der Waals surface area contributed by atoms with Gasteiger partial charge in [-0.15, -0.1) is 13.2 Å². The van der Waals surface area contributed by atoms with Crippen molar-refractivity contribution in [1.29, 1.82) is 0 Å².